The first-order valence-corrected chi connectivity index (χ1v) is 6.44. The van der Waals surface area contributed by atoms with Gasteiger partial charge in [-0.1, -0.05) is 13.8 Å². The Morgan fingerprint density at radius 2 is 2.15 bits per heavy atom. The summed E-state index contributed by atoms with van der Waals surface area (Å²) in [5.41, 5.74) is 1.92. The number of carboxylic acid groups (broad SMARTS) is 1. The lowest BCUT2D eigenvalue weighted by molar-refractivity contribution is -0.139. The molecular formula is C14H17N3O3. The highest BCUT2D eigenvalue weighted by atomic mass is 16.4. The van der Waals surface area contributed by atoms with E-state index in [1.165, 1.54) is 0 Å². The molecule has 6 nitrogen and oxygen atoms in total. The molecule has 2 rings (SSSR count). The topological polar surface area (TPSA) is 95.1 Å². The van der Waals surface area contributed by atoms with Gasteiger partial charge in [0.1, 0.15) is 6.04 Å². The predicted molar refractivity (Wildman–Crippen MR) is 74.4 cm³/mol. The summed E-state index contributed by atoms with van der Waals surface area (Å²) in [6.07, 6.45) is 1.94. The number of nitrogens with one attached hydrogen (secondary N) is 2. The number of aromatic nitrogens is 2. The van der Waals surface area contributed by atoms with E-state index in [4.69, 9.17) is 5.11 Å². The van der Waals surface area contributed by atoms with Gasteiger partial charge in [0.05, 0.1) is 17.4 Å². The van der Waals surface area contributed by atoms with Crippen LogP contribution in [0, 0.1) is 5.92 Å². The van der Waals surface area contributed by atoms with Gasteiger partial charge in [-0.2, -0.15) is 0 Å². The summed E-state index contributed by atoms with van der Waals surface area (Å²) in [5.74, 6) is -1.23. The van der Waals surface area contributed by atoms with Crippen molar-refractivity contribution in [1.82, 2.24) is 15.3 Å². The largest absolute Gasteiger partial charge is 0.480 e. The summed E-state index contributed by atoms with van der Waals surface area (Å²) in [6, 6.07) is 4.14. The highest BCUT2D eigenvalue weighted by Crippen LogP contribution is 2.12. The summed E-state index contributed by atoms with van der Waals surface area (Å²) < 4.78 is 0. The lowest BCUT2D eigenvalue weighted by atomic mass is 10.0. The fourth-order valence-electron chi connectivity index (χ4n) is 2.01. The van der Waals surface area contributed by atoms with Crippen LogP contribution in [0.3, 0.4) is 0 Å². The average molecular weight is 275 g/mol. The van der Waals surface area contributed by atoms with Gasteiger partial charge in [0.2, 0.25) is 0 Å². The zero-order chi connectivity index (χ0) is 14.7. The molecule has 0 bridgehead atoms. The van der Waals surface area contributed by atoms with E-state index in [0.29, 0.717) is 12.0 Å². The minimum atomic E-state index is -1.02. The molecule has 0 saturated heterocycles. The monoisotopic (exact) mass is 275 g/mol. The van der Waals surface area contributed by atoms with Crippen LogP contribution in [0.2, 0.25) is 0 Å². The Hall–Kier alpha value is -2.37. The number of aliphatic carboxylic acids is 1. The van der Waals surface area contributed by atoms with E-state index in [9.17, 15) is 9.59 Å². The second-order valence-corrected chi connectivity index (χ2v) is 5.13. The first-order valence-electron chi connectivity index (χ1n) is 6.44. The molecule has 0 saturated carbocycles. The summed E-state index contributed by atoms with van der Waals surface area (Å²) in [6.45, 7) is 3.83. The first-order chi connectivity index (χ1) is 9.47. The van der Waals surface area contributed by atoms with Gasteiger partial charge < -0.3 is 15.4 Å². The second kappa shape index (κ2) is 5.73. The molecule has 1 amide bonds. The third-order valence-electron chi connectivity index (χ3n) is 2.99. The molecule has 2 aromatic rings. The highest BCUT2D eigenvalue weighted by molar-refractivity contribution is 5.99. The van der Waals surface area contributed by atoms with Crippen LogP contribution in [0.15, 0.2) is 24.5 Å². The Morgan fingerprint density at radius 1 is 1.40 bits per heavy atom. The summed E-state index contributed by atoms with van der Waals surface area (Å²) in [4.78, 5) is 30.2. The molecule has 6 heteroatoms. The second-order valence-electron chi connectivity index (χ2n) is 5.13. The molecule has 0 radical (unpaired) electrons. The number of carboxylic acids is 1. The van der Waals surface area contributed by atoms with Gasteiger partial charge in [-0.25, -0.2) is 9.78 Å². The number of imidazole rings is 1. The normalized spacial score (nSPS) is 12.6. The van der Waals surface area contributed by atoms with E-state index in [1.54, 1.807) is 24.5 Å². The molecule has 1 unspecified atom stereocenters. The van der Waals surface area contributed by atoms with Gasteiger partial charge in [0.15, 0.2) is 0 Å². The number of aromatic amines is 1. The van der Waals surface area contributed by atoms with Crippen LogP contribution in [-0.2, 0) is 4.79 Å². The van der Waals surface area contributed by atoms with Gasteiger partial charge in [-0.3, -0.25) is 4.79 Å². The smallest absolute Gasteiger partial charge is 0.326 e. The molecule has 0 aliphatic rings. The van der Waals surface area contributed by atoms with Gasteiger partial charge in [0, 0.05) is 5.56 Å². The molecule has 1 atom stereocenters. The van der Waals surface area contributed by atoms with Crippen molar-refractivity contribution in [1.29, 1.82) is 0 Å². The maximum atomic E-state index is 12.1. The molecule has 1 aromatic carbocycles. The number of rotatable bonds is 5. The molecule has 0 fully saturated rings. The van der Waals surface area contributed by atoms with Crippen molar-refractivity contribution >= 4 is 22.9 Å². The fourth-order valence-corrected chi connectivity index (χ4v) is 2.01. The Bertz CT molecular complexity index is 633. The van der Waals surface area contributed by atoms with Gasteiger partial charge >= 0.3 is 5.97 Å². The van der Waals surface area contributed by atoms with Crippen molar-refractivity contribution < 1.29 is 14.7 Å². The van der Waals surface area contributed by atoms with Crippen LogP contribution in [-0.4, -0.2) is 33.0 Å². The fraction of sp³-hybridized carbons (Fsp3) is 0.357. The highest BCUT2D eigenvalue weighted by Gasteiger charge is 2.21. The summed E-state index contributed by atoms with van der Waals surface area (Å²) in [5, 5.41) is 11.7. The number of hydrogen-bond donors (Lipinski definition) is 3. The number of carbonyl (C=O) groups excluding carboxylic acids is 1. The quantitative estimate of drug-likeness (QED) is 0.775. The molecular weight excluding hydrogens is 258 g/mol. The number of carbonyl (C=O) groups is 2. The van der Waals surface area contributed by atoms with E-state index in [0.717, 1.165) is 11.0 Å². The van der Waals surface area contributed by atoms with Gasteiger partial charge in [-0.15, -0.1) is 0 Å². The molecule has 0 spiro atoms. The summed E-state index contributed by atoms with van der Waals surface area (Å²) in [7, 11) is 0. The Morgan fingerprint density at radius 3 is 2.80 bits per heavy atom. The number of benzene rings is 1. The van der Waals surface area contributed by atoms with Crippen LogP contribution in [0.1, 0.15) is 30.6 Å². The van der Waals surface area contributed by atoms with E-state index in [2.05, 4.69) is 15.3 Å². The van der Waals surface area contributed by atoms with Crippen molar-refractivity contribution in [2.45, 2.75) is 26.3 Å². The third-order valence-corrected chi connectivity index (χ3v) is 2.99. The van der Waals surface area contributed by atoms with Crippen molar-refractivity contribution in [3.63, 3.8) is 0 Å². The predicted octanol–water partition coefficient (Wildman–Crippen LogP) is 1.79. The zero-order valence-corrected chi connectivity index (χ0v) is 11.4. The minimum Gasteiger partial charge on any atom is -0.480 e. The molecule has 1 aromatic heterocycles. The minimum absolute atomic E-state index is 0.187. The van der Waals surface area contributed by atoms with Crippen LogP contribution >= 0.6 is 0 Å². The lowest BCUT2D eigenvalue weighted by Crippen LogP contribution is -2.41. The maximum absolute atomic E-state index is 12.1. The molecule has 20 heavy (non-hydrogen) atoms. The van der Waals surface area contributed by atoms with E-state index in [1.807, 2.05) is 13.8 Å². The SMILES string of the molecule is CC(C)CC(NC(=O)c1ccc2nc[nH]c2c1)C(=O)O. The number of nitrogens with zero attached hydrogens (tertiary/aromatic N) is 1. The zero-order valence-electron chi connectivity index (χ0n) is 11.4. The van der Waals surface area contributed by atoms with Gasteiger partial charge in [0.25, 0.3) is 5.91 Å². The average Bonchev–Trinajstić information content (AvgIpc) is 2.84. The van der Waals surface area contributed by atoms with Crippen molar-refractivity contribution in [3.8, 4) is 0 Å². The summed E-state index contributed by atoms with van der Waals surface area (Å²) >= 11 is 0. The van der Waals surface area contributed by atoms with Crippen LogP contribution in [0.25, 0.3) is 11.0 Å². The van der Waals surface area contributed by atoms with Gasteiger partial charge in [-0.05, 0) is 30.5 Å². The van der Waals surface area contributed by atoms with Crippen molar-refractivity contribution in [3.05, 3.63) is 30.1 Å². The van der Waals surface area contributed by atoms with Crippen LogP contribution in [0.5, 0.6) is 0 Å². The molecule has 1 heterocycles. The molecule has 106 valence electrons. The maximum Gasteiger partial charge on any atom is 0.326 e. The van der Waals surface area contributed by atoms with E-state index < -0.39 is 17.9 Å². The Kier molecular flexibility index (Phi) is 4.02. The van der Waals surface area contributed by atoms with E-state index in [-0.39, 0.29) is 5.92 Å². The van der Waals surface area contributed by atoms with Crippen LogP contribution in [0.4, 0.5) is 0 Å². The van der Waals surface area contributed by atoms with Crippen LogP contribution < -0.4 is 5.32 Å². The number of amides is 1. The third kappa shape index (κ3) is 3.14. The standard InChI is InChI=1S/C14H17N3O3/c1-8(2)5-12(14(19)20)17-13(18)9-3-4-10-11(6-9)16-7-15-10/h3-4,6-8,12H,5H2,1-2H3,(H,15,16)(H,17,18)(H,19,20). The Labute approximate surface area is 116 Å². The Balaban J connectivity index is 2.15. The molecule has 0 aliphatic heterocycles. The van der Waals surface area contributed by atoms with E-state index >= 15 is 0 Å². The number of H-pyrrole nitrogens is 1. The van der Waals surface area contributed by atoms with Crippen molar-refractivity contribution in [2.75, 3.05) is 0 Å². The van der Waals surface area contributed by atoms with Crippen molar-refractivity contribution in [2.24, 2.45) is 5.92 Å². The number of hydrogen-bond acceptors (Lipinski definition) is 3. The molecule has 3 N–H and O–H groups in total. The number of fused-ring (bicyclic) bond motifs is 1. The molecule has 0 aliphatic carbocycles. The lowest BCUT2D eigenvalue weighted by Gasteiger charge is -2.16. The first kappa shape index (κ1) is 14.0.